The van der Waals surface area contributed by atoms with Crippen LogP contribution in [0.2, 0.25) is 0 Å². The van der Waals surface area contributed by atoms with Crippen LogP contribution in [0, 0.1) is 0 Å². The second kappa shape index (κ2) is 8.07. The normalized spacial score (nSPS) is 10.9. The molecule has 3 heterocycles. The fourth-order valence-corrected chi connectivity index (χ4v) is 2.84. The van der Waals surface area contributed by atoms with Crippen molar-refractivity contribution < 1.29 is 14.3 Å². The van der Waals surface area contributed by atoms with Gasteiger partial charge in [0.2, 0.25) is 5.95 Å². The Bertz CT molecular complexity index is 1000. The second-order valence-electron chi connectivity index (χ2n) is 6.01. The van der Waals surface area contributed by atoms with Crippen LogP contribution in [0.3, 0.4) is 0 Å². The Morgan fingerprint density at radius 3 is 2.64 bits per heavy atom. The molecule has 3 rings (SSSR count). The average molecular weight is 385 g/mol. The lowest BCUT2D eigenvalue weighted by Gasteiger charge is -2.14. The van der Waals surface area contributed by atoms with Crippen LogP contribution >= 0.6 is 0 Å². The smallest absolute Gasteiger partial charge is 0.342 e. The van der Waals surface area contributed by atoms with Crippen molar-refractivity contribution in [3.63, 3.8) is 0 Å². The maximum absolute atomic E-state index is 12.7. The summed E-state index contributed by atoms with van der Waals surface area (Å²) in [6.07, 6.45) is 3.00. The molecule has 0 radical (unpaired) electrons. The SMILES string of the molecule is CCOC(=O)c1cnn(C)c1C(=O)Nc1ccc2nc(N(CC)CC)nn2c1. The lowest BCUT2D eigenvalue weighted by atomic mass is 10.2. The van der Waals surface area contributed by atoms with Gasteiger partial charge in [-0.1, -0.05) is 0 Å². The number of nitrogens with one attached hydrogen (secondary N) is 1. The molecule has 28 heavy (non-hydrogen) atoms. The summed E-state index contributed by atoms with van der Waals surface area (Å²) in [5, 5.41) is 11.2. The van der Waals surface area contributed by atoms with Crippen LogP contribution in [0.1, 0.15) is 41.6 Å². The molecular weight excluding hydrogens is 362 g/mol. The number of ether oxygens (including phenoxy) is 1. The van der Waals surface area contributed by atoms with E-state index in [9.17, 15) is 9.59 Å². The van der Waals surface area contributed by atoms with Crippen LogP contribution in [0.4, 0.5) is 11.6 Å². The van der Waals surface area contributed by atoms with Gasteiger partial charge in [0.25, 0.3) is 5.91 Å². The first kappa shape index (κ1) is 19.3. The van der Waals surface area contributed by atoms with E-state index in [0.29, 0.717) is 17.3 Å². The van der Waals surface area contributed by atoms with E-state index in [0.717, 1.165) is 13.1 Å². The maximum atomic E-state index is 12.7. The van der Waals surface area contributed by atoms with Crippen molar-refractivity contribution >= 4 is 29.2 Å². The quantitative estimate of drug-likeness (QED) is 0.617. The molecule has 0 atom stereocenters. The predicted molar refractivity (Wildman–Crippen MR) is 104 cm³/mol. The summed E-state index contributed by atoms with van der Waals surface area (Å²) >= 11 is 0. The first-order valence-corrected chi connectivity index (χ1v) is 9.10. The first-order valence-electron chi connectivity index (χ1n) is 9.10. The number of amides is 1. The number of fused-ring (bicyclic) bond motifs is 1. The summed E-state index contributed by atoms with van der Waals surface area (Å²) in [5.74, 6) is -0.424. The number of rotatable bonds is 7. The second-order valence-corrected chi connectivity index (χ2v) is 6.01. The monoisotopic (exact) mass is 385 g/mol. The van der Waals surface area contributed by atoms with E-state index in [1.54, 1.807) is 36.8 Å². The van der Waals surface area contributed by atoms with Crippen molar-refractivity contribution in [2.75, 3.05) is 29.9 Å². The highest BCUT2D eigenvalue weighted by atomic mass is 16.5. The molecule has 0 spiro atoms. The minimum absolute atomic E-state index is 0.118. The summed E-state index contributed by atoms with van der Waals surface area (Å²) in [6.45, 7) is 7.59. The van der Waals surface area contributed by atoms with E-state index in [4.69, 9.17) is 4.74 Å². The molecule has 1 amide bonds. The van der Waals surface area contributed by atoms with Gasteiger partial charge in [-0.05, 0) is 32.9 Å². The van der Waals surface area contributed by atoms with Crippen molar-refractivity contribution in [2.24, 2.45) is 7.05 Å². The highest BCUT2D eigenvalue weighted by Gasteiger charge is 2.23. The van der Waals surface area contributed by atoms with Gasteiger partial charge in [0, 0.05) is 20.1 Å². The molecule has 0 unspecified atom stereocenters. The third-order valence-electron chi connectivity index (χ3n) is 4.27. The van der Waals surface area contributed by atoms with Gasteiger partial charge in [0.05, 0.1) is 24.7 Å². The third kappa shape index (κ3) is 3.66. The standard InChI is InChI=1S/C18H23N7O3/c1-5-24(6-2)18-21-14-9-8-12(11-25(14)22-18)20-16(26)15-13(10-19-23(15)4)17(27)28-7-3/h8-11H,5-7H2,1-4H3,(H,20,26). The van der Waals surface area contributed by atoms with Crippen molar-refractivity contribution in [1.29, 1.82) is 0 Å². The van der Waals surface area contributed by atoms with Gasteiger partial charge in [-0.2, -0.15) is 10.1 Å². The average Bonchev–Trinajstić information content (AvgIpc) is 3.26. The number of aryl methyl sites for hydroxylation is 1. The van der Waals surface area contributed by atoms with Gasteiger partial charge < -0.3 is 15.0 Å². The maximum Gasteiger partial charge on any atom is 0.342 e. The van der Waals surface area contributed by atoms with Crippen LogP contribution in [0.15, 0.2) is 24.5 Å². The van der Waals surface area contributed by atoms with Gasteiger partial charge in [-0.3, -0.25) is 9.48 Å². The van der Waals surface area contributed by atoms with Crippen LogP contribution < -0.4 is 10.2 Å². The Kier molecular flexibility index (Phi) is 5.57. The number of hydrogen-bond donors (Lipinski definition) is 1. The summed E-state index contributed by atoms with van der Waals surface area (Å²) < 4.78 is 7.94. The van der Waals surface area contributed by atoms with Gasteiger partial charge >= 0.3 is 5.97 Å². The van der Waals surface area contributed by atoms with Gasteiger partial charge in [0.15, 0.2) is 5.65 Å². The van der Waals surface area contributed by atoms with E-state index in [1.807, 2.05) is 18.7 Å². The molecule has 3 aromatic heterocycles. The molecule has 0 aliphatic carbocycles. The zero-order valence-corrected chi connectivity index (χ0v) is 16.3. The molecule has 0 aliphatic heterocycles. The van der Waals surface area contributed by atoms with Crippen LogP contribution in [-0.4, -0.2) is 56.0 Å². The summed E-state index contributed by atoms with van der Waals surface area (Å²) in [6, 6.07) is 3.50. The number of aromatic nitrogens is 5. The topological polar surface area (TPSA) is 107 Å². The lowest BCUT2D eigenvalue weighted by molar-refractivity contribution is 0.0523. The minimum atomic E-state index is -0.587. The number of pyridine rings is 1. The third-order valence-corrected chi connectivity index (χ3v) is 4.27. The zero-order valence-electron chi connectivity index (χ0n) is 16.3. The Morgan fingerprint density at radius 1 is 1.21 bits per heavy atom. The Balaban J connectivity index is 1.86. The number of anilines is 2. The molecule has 0 aliphatic rings. The Hall–Kier alpha value is -3.43. The van der Waals surface area contributed by atoms with Gasteiger partial charge in [-0.15, -0.1) is 5.10 Å². The van der Waals surface area contributed by atoms with E-state index >= 15 is 0 Å². The van der Waals surface area contributed by atoms with Gasteiger partial charge in [0.1, 0.15) is 11.3 Å². The van der Waals surface area contributed by atoms with Gasteiger partial charge in [-0.25, -0.2) is 9.31 Å². The molecule has 1 N–H and O–H groups in total. The number of esters is 1. The fourth-order valence-electron chi connectivity index (χ4n) is 2.84. The number of nitrogens with zero attached hydrogens (tertiary/aromatic N) is 6. The van der Waals surface area contributed by atoms with E-state index < -0.39 is 11.9 Å². The molecule has 0 aromatic carbocycles. The molecule has 0 saturated carbocycles. The molecular formula is C18H23N7O3. The summed E-state index contributed by atoms with van der Waals surface area (Å²) in [5.41, 5.74) is 1.44. The Labute approximate surface area is 162 Å². The van der Waals surface area contributed by atoms with Crippen molar-refractivity contribution in [2.45, 2.75) is 20.8 Å². The van der Waals surface area contributed by atoms with Crippen LogP contribution in [0.5, 0.6) is 0 Å². The van der Waals surface area contributed by atoms with Crippen molar-refractivity contribution in [1.82, 2.24) is 24.4 Å². The Morgan fingerprint density at radius 2 is 1.96 bits per heavy atom. The van der Waals surface area contributed by atoms with E-state index in [2.05, 4.69) is 20.5 Å². The van der Waals surface area contributed by atoms with E-state index in [-0.39, 0.29) is 17.9 Å². The minimum Gasteiger partial charge on any atom is -0.462 e. The van der Waals surface area contributed by atoms with Crippen molar-refractivity contribution in [3.8, 4) is 0 Å². The zero-order chi connectivity index (χ0) is 20.3. The van der Waals surface area contributed by atoms with E-state index in [1.165, 1.54) is 10.9 Å². The highest BCUT2D eigenvalue weighted by Crippen LogP contribution is 2.16. The van der Waals surface area contributed by atoms with Crippen LogP contribution in [-0.2, 0) is 11.8 Å². The first-order chi connectivity index (χ1) is 13.5. The number of carbonyl (C=O) groups is 2. The number of hydrogen-bond acceptors (Lipinski definition) is 7. The largest absolute Gasteiger partial charge is 0.462 e. The lowest BCUT2D eigenvalue weighted by Crippen LogP contribution is -2.23. The van der Waals surface area contributed by atoms with Crippen molar-refractivity contribution in [3.05, 3.63) is 35.8 Å². The molecule has 3 aromatic rings. The molecule has 0 fully saturated rings. The predicted octanol–water partition coefficient (Wildman–Crippen LogP) is 1.74. The molecule has 10 heteroatoms. The summed E-state index contributed by atoms with van der Waals surface area (Å²) in [4.78, 5) is 31.3. The fraction of sp³-hybridized carbons (Fsp3) is 0.389. The number of carbonyl (C=O) groups excluding carboxylic acids is 2. The highest BCUT2D eigenvalue weighted by molar-refractivity contribution is 6.09. The van der Waals surface area contributed by atoms with Crippen LogP contribution in [0.25, 0.3) is 5.65 Å². The molecule has 10 nitrogen and oxygen atoms in total. The molecule has 0 bridgehead atoms. The summed E-state index contributed by atoms with van der Waals surface area (Å²) in [7, 11) is 1.59. The molecule has 0 saturated heterocycles. The molecule has 148 valence electrons.